The van der Waals surface area contributed by atoms with Crippen LogP contribution in [0.4, 0.5) is 0 Å². The summed E-state index contributed by atoms with van der Waals surface area (Å²) in [6.07, 6.45) is 8.05. The molecule has 0 unspecified atom stereocenters. The van der Waals surface area contributed by atoms with Crippen LogP contribution >= 0.6 is 0 Å². The number of H-pyrrole nitrogens is 2. The molecule has 0 fully saturated rings. The summed E-state index contributed by atoms with van der Waals surface area (Å²) in [7, 11) is 0. The van der Waals surface area contributed by atoms with E-state index in [1.54, 1.807) is 0 Å². The third-order valence-corrected chi connectivity index (χ3v) is 4.04. The van der Waals surface area contributed by atoms with Gasteiger partial charge in [-0.05, 0) is 72.8 Å². The number of hydrogen-bond acceptors (Lipinski definition) is 4. The first kappa shape index (κ1) is 17.3. The number of rotatable bonds is 0. The fraction of sp³-hybridized carbons (Fsp3) is 0. The SMILES string of the molecule is C1=Cc2cc3ccc(cc4ccc(cc5nc(cc1n2)C=C5)[nH]4)[nH]3.[O]=[Os+2]=[O]. The van der Waals surface area contributed by atoms with Crippen molar-refractivity contribution < 1.29 is 24.4 Å². The average Bonchev–Trinajstić information content (AvgIpc) is 3.41. The zero-order valence-corrected chi connectivity index (χ0v) is 16.5. The van der Waals surface area contributed by atoms with Crippen molar-refractivity contribution in [2.24, 2.45) is 0 Å². The van der Waals surface area contributed by atoms with E-state index in [-0.39, 0.29) is 0 Å². The minimum absolute atomic E-state index is 0.915. The molecular formula is C20H14N4O2Os+2. The third kappa shape index (κ3) is 4.16. The van der Waals surface area contributed by atoms with E-state index < -0.39 is 17.3 Å². The van der Waals surface area contributed by atoms with Crippen molar-refractivity contribution in [1.29, 1.82) is 0 Å². The van der Waals surface area contributed by atoms with Crippen molar-refractivity contribution in [3.63, 3.8) is 0 Å². The molecule has 8 bridgehead atoms. The number of nitrogens with zero attached hydrogens (tertiary/aromatic N) is 2. The first-order valence-corrected chi connectivity index (χ1v) is 10.2. The Labute approximate surface area is 162 Å². The number of aromatic amines is 2. The molecule has 0 aromatic carbocycles. The van der Waals surface area contributed by atoms with Crippen LogP contribution in [0.15, 0.2) is 48.5 Å². The number of fused-ring (bicyclic) bond motifs is 8. The van der Waals surface area contributed by atoms with Gasteiger partial charge in [0, 0.05) is 22.1 Å². The first-order chi connectivity index (χ1) is 13.2. The third-order valence-electron chi connectivity index (χ3n) is 4.04. The van der Waals surface area contributed by atoms with Gasteiger partial charge in [-0.25, -0.2) is 9.97 Å². The van der Waals surface area contributed by atoms with Crippen LogP contribution in [0, 0.1) is 0 Å². The van der Waals surface area contributed by atoms with Gasteiger partial charge in [0.05, 0.1) is 22.8 Å². The molecular weight excluding hydrogens is 518 g/mol. The van der Waals surface area contributed by atoms with E-state index in [0.717, 1.165) is 44.8 Å². The first-order valence-electron chi connectivity index (χ1n) is 8.14. The maximum absolute atomic E-state index is 8.51. The Balaban J connectivity index is 0.000000565. The molecule has 0 radical (unpaired) electrons. The molecule has 3 aromatic rings. The van der Waals surface area contributed by atoms with Crippen molar-refractivity contribution in [2.75, 3.05) is 0 Å². The predicted octanol–water partition coefficient (Wildman–Crippen LogP) is 4.42. The van der Waals surface area contributed by atoms with Crippen LogP contribution in [-0.2, 0) is 24.4 Å². The minimum atomic E-state index is -2.08. The summed E-state index contributed by atoms with van der Waals surface area (Å²) in [5, 5.41) is 0. The molecule has 2 N–H and O–H groups in total. The Kier molecular flexibility index (Phi) is 4.86. The van der Waals surface area contributed by atoms with Gasteiger partial charge in [0.15, 0.2) is 0 Å². The zero-order valence-electron chi connectivity index (χ0n) is 14.0. The van der Waals surface area contributed by atoms with Gasteiger partial charge < -0.3 is 9.97 Å². The Morgan fingerprint density at radius 1 is 0.556 bits per heavy atom. The number of aromatic nitrogens is 4. The summed E-state index contributed by atoms with van der Waals surface area (Å²) in [5.41, 5.74) is 7.86. The van der Waals surface area contributed by atoms with Crippen LogP contribution < -0.4 is 0 Å². The van der Waals surface area contributed by atoms with Crippen LogP contribution in [0.1, 0.15) is 22.8 Å². The summed E-state index contributed by atoms with van der Waals surface area (Å²) in [6, 6.07) is 16.4. The number of nitrogens with one attached hydrogen (secondary N) is 2. The predicted molar refractivity (Wildman–Crippen MR) is 100 cm³/mol. The Morgan fingerprint density at radius 3 is 1.30 bits per heavy atom. The second-order valence-corrected chi connectivity index (χ2v) is 6.39. The summed E-state index contributed by atoms with van der Waals surface area (Å²) in [6.45, 7) is 0. The van der Waals surface area contributed by atoms with Crippen LogP contribution in [0.25, 0.3) is 46.4 Å². The van der Waals surface area contributed by atoms with Crippen LogP contribution in [0.3, 0.4) is 0 Å². The molecule has 2 aliphatic heterocycles. The molecule has 132 valence electrons. The Hall–Kier alpha value is -3.16. The fourth-order valence-electron chi connectivity index (χ4n) is 2.94. The van der Waals surface area contributed by atoms with Crippen LogP contribution in [-0.4, -0.2) is 19.9 Å². The topological polar surface area (TPSA) is 91.5 Å². The van der Waals surface area contributed by atoms with Crippen molar-refractivity contribution >= 4 is 46.4 Å². The Bertz CT molecular complexity index is 1170. The van der Waals surface area contributed by atoms with E-state index in [2.05, 4.69) is 50.3 Å². The molecule has 27 heavy (non-hydrogen) atoms. The van der Waals surface area contributed by atoms with Crippen molar-refractivity contribution in [1.82, 2.24) is 19.9 Å². The standard InChI is InChI=1S/C20H14N4.2O.Os/c1-2-14-10-16-5-6-18(23-16)12-20-8-7-19(24-20)11-17-4-3-15(22-17)9-13(1)21-14;;;/h1-12,21-22H;;;/q;;;+2. The Morgan fingerprint density at radius 2 is 0.889 bits per heavy atom. The fourth-order valence-corrected chi connectivity index (χ4v) is 2.94. The quantitative estimate of drug-likeness (QED) is 0.309. The molecule has 6 nitrogen and oxygen atoms in total. The van der Waals surface area contributed by atoms with E-state index in [4.69, 9.17) is 7.08 Å². The second kappa shape index (κ2) is 7.61. The van der Waals surface area contributed by atoms with E-state index >= 15 is 0 Å². The molecule has 0 saturated heterocycles. The van der Waals surface area contributed by atoms with E-state index in [9.17, 15) is 0 Å². The monoisotopic (exact) mass is 534 g/mol. The molecule has 2 aliphatic rings. The molecule has 5 heterocycles. The van der Waals surface area contributed by atoms with Crippen molar-refractivity contribution in [3.05, 3.63) is 71.3 Å². The van der Waals surface area contributed by atoms with E-state index in [1.807, 2.05) is 42.5 Å². The van der Waals surface area contributed by atoms with Gasteiger partial charge in [-0.1, -0.05) is 0 Å². The molecule has 0 aliphatic carbocycles. The van der Waals surface area contributed by atoms with Gasteiger partial charge in [-0.2, -0.15) is 0 Å². The van der Waals surface area contributed by atoms with Gasteiger partial charge >= 0.3 is 24.4 Å². The van der Waals surface area contributed by atoms with Crippen LogP contribution in [0.2, 0.25) is 0 Å². The van der Waals surface area contributed by atoms with Gasteiger partial charge in [-0.3, -0.25) is 0 Å². The molecule has 5 rings (SSSR count). The summed E-state index contributed by atoms with van der Waals surface area (Å²) in [5.74, 6) is 0. The van der Waals surface area contributed by atoms with Gasteiger partial charge in [0.25, 0.3) is 0 Å². The molecule has 0 amide bonds. The average molecular weight is 533 g/mol. The van der Waals surface area contributed by atoms with Gasteiger partial charge in [0.2, 0.25) is 0 Å². The molecule has 0 atom stereocenters. The molecule has 3 aromatic heterocycles. The summed E-state index contributed by atoms with van der Waals surface area (Å²) in [4.78, 5) is 16.0. The van der Waals surface area contributed by atoms with Crippen molar-refractivity contribution in [3.8, 4) is 0 Å². The normalized spacial score (nSPS) is 11.7. The second-order valence-electron chi connectivity index (χ2n) is 5.96. The number of hydrogen-bond donors (Lipinski definition) is 2. The molecule has 0 spiro atoms. The van der Waals surface area contributed by atoms with Gasteiger partial charge in [-0.15, -0.1) is 0 Å². The van der Waals surface area contributed by atoms with E-state index in [1.165, 1.54) is 0 Å². The summed E-state index contributed by atoms with van der Waals surface area (Å²) >= 11 is -2.08. The molecule has 0 saturated carbocycles. The van der Waals surface area contributed by atoms with Crippen LogP contribution in [0.5, 0.6) is 0 Å². The van der Waals surface area contributed by atoms with E-state index in [0.29, 0.717) is 0 Å². The van der Waals surface area contributed by atoms with Gasteiger partial charge in [0.1, 0.15) is 0 Å². The molecule has 7 heteroatoms. The van der Waals surface area contributed by atoms with Crippen molar-refractivity contribution in [2.45, 2.75) is 0 Å². The zero-order chi connectivity index (χ0) is 18.6. The maximum atomic E-state index is 8.51. The summed E-state index contributed by atoms with van der Waals surface area (Å²) < 4.78 is 17.0.